The molecule has 2 aromatic rings. The van der Waals surface area contributed by atoms with Crippen molar-refractivity contribution in [3.63, 3.8) is 0 Å². The molecule has 17 heavy (non-hydrogen) atoms. The van der Waals surface area contributed by atoms with E-state index in [4.69, 9.17) is 22.1 Å². The summed E-state index contributed by atoms with van der Waals surface area (Å²) in [6, 6.07) is 15.0. The van der Waals surface area contributed by atoms with Gasteiger partial charge in [0.15, 0.2) is 0 Å². The largest absolute Gasteiger partial charge is 0.455 e. The first-order chi connectivity index (χ1) is 8.18. The van der Waals surface area contributed by atoms with E-state index in [1.807, 2.05) is 49.4 Å². The van der Waals surface area contributed by atoms with Gasteiger partial charge in [-0.2, -0.15) is 0 Å². The number of rotatable bonds is 3. The molecule has 0 aliphatic heterocycles. The van der Waals surface area contributed by atoms with Crippen LogP contribution in [-0.4, -0.2) is 0 Å². The number of ether oxygens (including phenoxy) is 1. The van der Waals surface area contributed by atoms with Crippen molar-refractivity contribution in [3.8, 4) is 11.5 Å². The summed E-state index contributed by atoms with van der Waals surface area (Å²) >= 11 is 6.05. The molecule has 0 unspecified atom stereocenters. The molecular weight excluding hydrogens is 234 g/mol. The molecule has 3 heteroatoms. The van der Waals surface area contributed by atoms with Crippen LogP contribution in [0.25, 0.3) is 0 Å². The number of para-hydroxylation sites is 2. The van der Waals surface area contributed by atoms with Gasteiger partial charge in [0.25, 0.3) is 0 Å². The van der Waals surface area contributed by atoms with E-state index in [0.717, 1.165) is 11.3 Å². The first kappa shape index (κ1) is 12.0. The predicted octanol–water partition coefficient (Wildman–Crippen LogP) is 4.15. The Hall–Kier alpha value is -1.51. The minimum absolute atomic E-state index is 0.0753. The van der Waals surface area contributed by atoms with E-state index >= 15 is 0 Å². The number of benzene rings is 2. The van der Waals surface area contributed by atoms with Crippen molar-refractivity contribution in [1.82, 2.24) is 0 Å². The maximum absolute atomic E-state index is 6.05. The second-order valence-corrected chi connectivity index (χ2v) is 4.27. The Balaban J connectivity index is 2.34. The molecule has 0 spiro atoms. The molecule has 2 N–H and O–H groups in total. The van der Waals surface area contributed by atoms with Gasteiger partial charge < -0.3 is 10.5 Å². The van der Waals surface area contributed by atoms with Crippen LogP contribution < -0.4 is 10.5 Å². The highest BCUT2D eigenvalue weighted by atomic mass is 35.5. The fourth-order valence-electron chi connectivity index (χ4n) is 1.60. The third-order valence-corrected chi connectivity index (χ3v) is 2.78. The van der Waals surface area contributed by atoms with Gasteiger partial charge in [-0.25, -0.2) is 0 Å². The topological polar surface area (TPSA) is 35.2 Å². The highest BCUT2D eigenvalue weighted by molar-refractivity contribution is 6.32. The van der Waals surface area contributed by atoms with Crippen LogP contribution in [-0.2, 0) is 0 Å². The summed E-state index contributed by atoms with van der Waals surface area (Å²) in [6.45, 7) is 1.93. The maximum atomic E-state index is 6.05. The van der Waals surface area contributed by atoms with Gasteiger partial charge in [-0.05, 0) is 25.1 Å². The number of hydrogen-bond donors (Lipinski definition) is 1. The zero-order valence-electron chi connectivity index (χ0n) is 9.56. The maximum Gasteiger partial charge on any atom is 0.146 e. The molecule has 2 aromatic carbocycles. The minimum Gasteiger partial charge on any atom is -0.455 e. The van der Waals surface area contributed by atoms with Crippen molar-refractivity contribution in [3.05, 3.63) is 59.1 Å². The molecule has 1 atom stereocenters. The number of halogens is 1. The molecule has 0 fully saturated rings. The molecule has 0 aliphatic carbocycles. The van der Waals surface area contributed by atoms with E-state index in [0.29, 0.717) is 10.8 Å². The van der Waals surface area contributed by atoms with Crippen LogP contribution >= 0.6 is 11.6 Å². The molecule has 0 aromatic heterocycles. The zero-order valence-corrected chi connectivity index (χ0v) is 10.3. The first-order valence-corrected chi connectivity index (χ1v) is 5.83. The smallest absolute Gasteiger partial charge is 0.146 e. The van der Waals surface area contributed by atoms with Crippen molar-refractivity contribution in [2.75, 3.05) is 0 Å². The Morgan fingerprint density at radius 3 is 2.24 bits per heavy atom. The Morgan fingerprint density at radius 2 is 1.59 bits per heavy atom. The lowest BCUT2D eigenvalue weighted by Gasteiger charge is -2.14. The van der Waals surface area contributed by atoms with Crippen LogP contribution in [0, 0.1) is 0 Å². The van der Waals surface area contributed by atoms with E-state index in [1.165, 1.54) is 0 Å². The Bertz CT molecular complexity index is 511. The molecule has 0 amide bonds. The second-order valence-electron chi connectivity index (χ2n) is 3.86. The molecule has 2 rings (SSSR count). The normalized spacial score (nSPS) is 12.2. The van der Waals surface area contributed by atoms with E-state index in [-0.39, 0.29) is 6.04 Å². The van der Waals surface area contributed by atoms with Crippen LogP contribution in [0.15, 0.2) is 48.5 Å². The second kappa shape index (κ2) is 5.21. The van der Waals surface area contributed by atoms with Crippen LogP contribution in [0.3, 0.4) is 0 Å². The molecule has 88 valence electrons. The van der Waals surface area contributed by atoms with Crippen molar-refractivity contribution in [2.24, 2.45) is 5.73 Å². The lowest BCUT2D eigenvalue weighted by Crippen LogP contribution is -2.06. The molecule has 0 radical (unpaired) electrons. The van der Waals surface area contributed by atoms with E-state index in [9.17, 15) is 0 Å². The fourth-order valence-corrected chi connectivity index (χ4v) is 1.77. The van der Waals surface area contributed by atoms with Gasteiger partial charge in [-0.1, -0.05) is 41.9 Å². The summed E-state index contributed by atoms with van der Waals surface area (Å²) in [6.07, 6.45) is 0. The molecular formula is C14H14ClNO. The van der Waals surface area contributed by atoms with Crippen LogP contribution in [0.5, 0.6) is 11.5 Å². The molecule has 0 saturated heterocycles. The fraction of sp³-hybridized carbons (Fsp3) is 0.143. The molecule has 0 bridgehead atoms. The Kier molecular flexibility index (Phi) is 3.67. The van der Waals surface area contributed by atoms with Gasteiger partial charge in [0, 0.05) is 11.6 Å². The standard InChI is InChI=1S/C14H14ClNO/c1-10(16)11-6-2-4-8-13(11)17-14-9-5-3-7-12(14)15/h2-10H,16H2,1H3/t10-/m0/s1. The highest BCUT2D eigenvalue weighted by Crippen LogP contribution is 2.32. The summed E-state index contributed by atoms with van der Waals surface area (Å²) in [5.41, 5.74) is 6.86. The van der Waals surface area contributed by atoms with Crippen LogP contribution in [0.2, 0.25) is 5.02 Å². The highest BCUT2D eigenvalue weighted by Gasteiger charge is 2.09. The van der Waals surface area contributed by atoms with Crippen molar-refractivity contribution < 1.29 is 4.74 Å². The van der Waals surface area contributed by atoms with Gasteiger partial charge in [0.05, 0.1) is 5.02 Å². The summed E-state index contributed by atoms with van der Waals surface area (Å²) in [5.74, 6) is 1.39. The zero-order chi connectivity index (χ0) is 12.3. The summed E-state index contributed by atoms with van der Waals surface area (Å²) in [7, 11) is 0. The van der Waals surface area contributed by atoms with E-state index in [2.05, 4.69) is 0 Å². The summed E-state index contributed by atoms with van der Waals surface area (Å²) in [4.78, 5) is 0. The van der Waals surface area contributed by atoms with Gasteiger partial charge in [-0.15, -0.1) is 0 Å². The monoisotopic (exact) mass is 247 g/mol. The van der Waals surface area contributed by atoms with Crippen molar-refractivity contribution in [2.45, 2.75) is 13.0 Å². The predicted molar refractivity (Wildman–Crippen MR) is 70.6 cm³/mol. The quantitative estimate of drug-likeness (QED) is 0.884. The van der Waals surface area contributed by atoms with Gasteiger partial charge >= 0.3 is 0 Å². The van der Waals surface area contributed by atoms with Crippen LogP contribution in [0.1, 0.15) is 18.5 Å². The molecule has 0 heterocycles. The van der Waals surface area contributed by atoms with Crippen molar-refractivity contribution >= 4 is 11.6 Å². The van der Waals surface area contributed by atoms with Crippen molar-refractivity contribution in [1.29, 1.82) is 0 Å². The van der Waals surface area contributed by atoms with Crippen LogP contribution in [0.4, 0.5) is 0 Å². The molecule has 0 aliphatic rings. The van der Waals surface area contributed by atoms with Gasteiger partial charge in [0.1, 0.15) is 11.5 Å². The molecule has 2 nitrogen and oxygen atoms in total. The lowest BCUT2D eigenvalue weighted by molar-refractivity contribution is 0.472. The SMILES string of the molecule is C[C@H](N)c1ccccc1Oc1ccccc1Cl. The summed E-state index contributed by atoms with van der Waals surface area (Å²) < 4.78 is 5.79. The minimum atomic E-state index is -0.0753. The van der Waals surface area contributed by atoms with E-state index < -0.39 is 0 Å². The Labute approximate surface area is 106 Å². The Morgan fingerprint density at radius 1 is 1.00 bits per heavy atom. The number of nitrogens with two attached hydrogens (primary N) is 1. The van der Waals surface area contributed by atoms with Gasteiger partial charge in [0.2, 0.25) is 0 Å². The average molecular weight is 248 g/mol. The first-order valence-electron chi connectivity index (χ1n) is 5.45. The molecule has 0 saturated carbocycles. The number of hydrogen-bond acceptors (Lipinski definition) is 2. The lowest BCUT2D eigenvalue weighted by atomic mass is 10.1. The van der Waals surface area contributed by atoms with E-state index in [1.54, 1.807) is 6.07 Å². The third kappa shape index (κ3) is 2.78. The van der Waals surface area contributed by atoms with Gasteiger partial charge in [-0.3, -0.25) is 0 Å². The third-order valence-electron chi connectivity index (χ3n) is 2.47. The average Bonchev–Trinajstić information content (AvgIpc) is 2.32. The summed E-state index contributed by atoms with van der Waals surface area (Å²) in [5, 5.41) is 0.590.